The van der Waals surface area contributed by atoms with E-state index < -0.39 is 51.8 Å². The zero-order chi connectivity index (χ0) is 29.4. The first-order valence-corrected chi connectivity index (χ1v) is 15.1. The molecule has 1 aliphatic rings. The van der Waals surface area contributed by atoms with Crippen LogP contribution in [-0.4, -0.2) is 61.4 Å². The molecule has 1 amide bonds. The molecule has 0 saturated carbocycles. The Balaban J connectivity index is 1.85. The second-order valence-electron chi connectivity index (χ2n) is 10.1. The lowest BCUT2D eigenvalue weighted by Gasteiger charge is -2.56. The van der Waals surface area contributed by atoms with E-state index in [2.05, 4.69) is 5.32 Å². The summed E-state index contributed by atoms with van der Waals surface area (Å²) in [5.41, 5.74) is 1.27. The van der Waals surface area contributed by atoms with Gasteiger partial charge in [-0.1, -0.05) is 47.5 Å². The third-order valence-corrected chi connectivity index (χ3v) is 8.36. The molecule has 214 valence electrons. The largest absolute Gasteiger partial charge is 0.382 e. The van der Waals surface area contributed by atoms with Crippen molar-refractivity contribution in [3.8, 4) is 0 Å². The van der Waals surface area contributed by atoms with Crippen molar-refractivity contribution in [3.63, 3.8) is 0 Å². The average Bonchev–Trinajstić information content (AvgIpc) is 2.83. The minimum absolute atomic E-state index is 0.0256. The fraction of sp³-hybridized carbons (Fsp3) is 0.321. The Morgan fingerprint density at radius 1 is 0.975 bits per heavy atom. The Labute approximate surface area is 242 Å². The smallest absolute Gasteiger partial charge is 0.250 e. The standard InChI is InChI=1S/C28H29Cl2F2N3O4S/c1-16(2)33-28(37)27(36)26-24(35(40(3,38)39)23-13-21(31)12-22(32)14-23)15-34(26)25(17-4-8-19(29)9-5-17)18-6-10-20(30)11-7-18/h4-14,16,24-27,36H,15H2,1-3H3,(H,33,37)/t24?,26?,27-/m1/s1. The van der Waals surface area contributed by atoms with Crippen molar-refractivity contribution in [2.75, 3.05) is 17.1 Å². The van der Waals surface area contributed by atoms with Gasteiger partial charge in [-0.3, -0.25) is 14.0 Å². The van der Waals surface area contributed by atoms with Crippen molar-refractivity contribution in [1.29, 1.82) is 0 Å². The van der Waals surface area contributed by atoms with E-state index >= 15 is 0 Å². The molecule has 1 fully saturated rings. The molecule has 0 radical (unpaired) electrons. The Morgan fingerprint density at radius 3 is 1.88 bits per heavy atom. The number of carbonyl (C=O) groups is 1. The molecular weight excluding hydrogens is 583 g/mol. The monoisotopic (exact) mass is 611 g/mol. The number of amides is 1. The molecule has 40 heavy (non-hydrogen) atoms. The molecule has 1 saturated heterocycles. The first-order valence-electron chi connectivity index (χ1n) is 12.5. The Bertz CT molecular complexity index is 1410. The average molecular weight is 613 g/mol. The Hall–Kier alpha value is -2.76. The van der Waals surface area contributed by atoms with E-state index in [9.17, 15) is 27.1 Å². The number of aliphatic hydroxyl groups excluding tert-OH is 1. The highest BCUT2D eigenvalue weighted by Crippen LogP contribution is 2.42. The molecule has 7 nitrogen and oxygen atoms in total. The van der Waals surface area contributed by atoms with Crippen LogP contribution in [0.3, 0.4) is 0 Å². The number of halogens is 4. The van der Waals surface area contributed by atoms with Crippen LogP contribution < -0.4 is 9.62 Å². The maximum absolute atomic E-state index is 14.2. The lowest BCUT2D eigenvalue weighted by Crippen LogP contribution is -2.73. The topological polar surface area (TPSA) is 90.0 Å². The molecular formula is C28H29Cl2F2N3O4S. The normalized spacial score (nSPS) is 18.4. The van der Waals surface area contributed by atoms with Crippen LogP contribution in [-0.2, 0) is 14.8 Å². The van der Waals surface area contributed by atoms with Crippen molar-refractivity contribution < 1.29 is 27.1 Å². The van der Waals surface area contributed by atoms with Crippen LogP contribution in [0, 0.1) is 11.6 Å². The van der Waals surface area contributed by atoms with Crippen molar-refractivity contribution >= 4 is 44.8 Å². The van der Waals surface area contributed by atoms with E-state index in [0.29, 0.717) is 16.1 Å². The van der Waals surface area contributed by atoms with Gasteiger partial charge in [-0.25, -0.2) is 17.2 Å². The summed E-state index contributed by atoms with van der Waals surface area (Å²) in [4.78, 5) is 14.9. The number of sulfonamides is 1. The van der Waals surface area contributed by atoms with Crippen molar-refractivity contribution in [2.45, 2.75) is 44.1 Å². The maximum atomic E-state index is 14.2. The number of rotatable bonds is 9. The molecule has 3 atom stereocenters. The third kappa shape index (κ3) is 6.58. The highest BCUT2D eigenvalue weighted by atomic mass is 35.5. The highest BCUT2D eigenvalue weighted by molar-refractivity contribution is 7.92. The van der Waals surface area contributed by atoms with Gasteiger partial charge >= 0.3 is 0 Å². The van der Waals surface area contributed by atoms with Gasteiger partial charge in [-0.15, -0.1) is 0 Å². The van der Waals surface area contributed by atoms with Gasteiger partial charge in [0.1, 0.15) is 17.7 Å². The van der Waals surface area contributed by atoms with Crippen molar-refractivity contribution in [3.05, 3.63) is 99.5 Å². The van der Waals surface area contributed by atoms with Gasteiger partial charge in [0.2, 0.25) is 10.0 Å². The first-order chi connectivity index (χ1) is 18.8. The van der Waals surface area contributed by atoms with E-state index in [1.165, 1.54) is 0 Å². The summed E-state index contributed by atoms with van der Waals surface area (Å²) in [5, 5.41) is 15.0. The van der Waals surface area contributed by atoms with Crippen LogP contribution >= 0.6 is 23.2 Å². The number of nitrogens with zero attached hydrogens (tertiary/aromatic N) is 2. The Kier molecular flexibility index (Phi) is 9.06. The summed E-state index contributed by atoms with van der Waals surface area (Å²) >= 11 is 12.3. The minimum Gasteiger partial charge on any atom is -0.382 e. The molecule has 3 aromatic rings. The number of hydrogen-bond acceptors (Lipinski definition) is 5. The van der Waals surface area contributed by atoms with E-state index in [-0.39, 0.29) is 18.3 Å². The third-order valence-electron chi connectivity index (χ3n) is 6.66. The summed E-state index contributed by atoms with van der Waals surface area (Å²) in [7, 11) is -4.12. The highest BCUT2D eigenvalue weighted by Gasteiger charge is 2.53. The van der Waals surface area contributed by atoms with E-state index in [1.54, 1.807) is 67.3 Å². The van der Waals surface area contributed by atoms with E-state index in [1.807, 2.05) is 0 Å². The SMILES string of the molecule is CC(C)NC(=O)[C@H](O)C1C(N(c2cc(F)cc(F)c2)S(C)(=O)=O)CN1C(c1ccc(Cl)cc1)c1ccc(Cl)cc1. The van der Waals surface area contributed by atoms with Gasteiger partial charge < -0.3 is 10.4 Å². The maximum Gasteiger partial charge on any atom is 0.250 e. The Morgan fingerprint density at radius 2 is 1.45 bits per heavy atom. The molecule has 2 unspecified atom stereocenters. The molecule has 0 spiro atoms. The first kappa shape index (κ1) is 30.2. The van der Waals surface area contributed by atoms with Crippen LogP contribution in [0.5, 0.6) is 0 Å². The molecule has 0 aromatic heterocycles. The number of carbonyl (C=O) groups excluding carboxylic acids is 1. The minimum atomic E-state index is -4.12. The summed E-state index contributed by atoms with van der Waals surface area (Å²) < 4.78 is 55.4. The molecule has 3 aromatic carbocycles. The summed E-state index contributed by atoms with van der Waals surface area (Å²) in [5.74, 6) is -2.64. The number of hydrogen-bond donors (Lipinski definition) is 2. The second kappa shape index (κ2) is 12.0. The number of likely N-dealkylation sites (tertiary alicyclic amines) is 1. The van der Waals surface area contributed by atoms with Gasteiger partial charge in [-0.05, 0) is 61.4 Å². The van der Waals surface area contributed by atoms with Gasteiger partial charge in [0.15, 0.2) is 0 Å². The number of benzene rings is 3. The van der Waals surface area contributed by atoms with E-state index in [4.69, 9.17) is 23.2 Å². The van der Waals surface area contributed by atoms with Gasteiger partial charge in [0.05, 0.1) is 30.1 Å². The fourth-order valence-electron chi connectivity index (χ4n) is 5.10. The number of anilines is 1. The molecule has 12 heteroatoms. The predicted molar refractivity (Wildman–Crippen MR) is 152 cm³/mol. The van der Waals surface area contributed by atoms with Crippen LogP contribution in [0.25, 0.3) is 0 Å². The quantitative estimate of drug-likeness (QED) is 0.364. The predicted octanol–water partition coefficient (Wildman–Crippen LogP) is 4.77. The van der Waals surface area contributed by atoms with Crippen LogP contribution in [0.1, 0.15) is 31.0 Å². The molecule has 2 N–H and O–H groups in total. The zero-order valence-corrected chi connectivity index (χ0v) is 24.3. The summed E-state index contributed by atoms with van der Waals surface area (Å²) in [6.45, 7) is 3.48. The van der Waals surface area contributed by atoms with Crippen LogP contribution in [0.15, 0.2) is 66.7 Å². The van der Waals surface area contributed by atoms with Crippen LogP contribution in [0.4, 0.5) is 14.5 Å². The van der Waals surface area contributed by atoms with E-state index in [0.717, 1.165) is 33.8 Å². The summed E-state index contributed by atoms with van der Waals surface area (Å²) in [6.07, 6.45) is -0.780. The molecule has 4 rings (SSSR count). The van der Waals surface area contributed by atoms with Gasteiger partial charge in [-0.2, -0.15) is 0 Å². The molecule has 0 aliphatic carbocycles. The summed E-state index contributed by atoms with van der Waals surface area (Å²) in [6, 6.07) is 13.4. The second-order valence-corrected chi connectivity index (χ2v) is 12.8. The molecule has 1 heterocycles. The van der Waals surface area contributed by atoms with Crippen molar-refractivity contribution in [1.82, 2.24) is 10.2 Å². The zero-order valence-electron chi connectivity index (χ0n) is 21.9. The lowest BCUT2D eigenvalue weighted by atomic mass is 9.84. The van der Waals surface area contributed by atoms with Gasteiger partial charge in [0, 0.05) is 28.7 Å². The molecule has 1 aliphatic heterocycles. The lowest BCUT2D eigenvalue weighted by molar-refractivity contribution is -0.139. The number of nitrogens with one attached hydrogen (secondary N) is 1. The van der Waals surface area contributed by atoms with Crippen molar-refractivity contribution in [2.24, 2.45) is 0 Å². The van der Waals surface area contributed by atoms with Gasteiger partial charge in [0.25, 0.3) is 5.91 Å². The fourth-order valence-corrected chi connectivity index (χ4v) is 6.52. The molecule has 0 bridgehead atoms. The van der Waals surface area contributed by atoms with Crippen LogP contribution in [0.2, 0.25) is 10.0 Å². The number of aliphatic hydroxyl groups is 1.